The second kappa shape index (κ2) is 8.12. The van der Waals surface area contributed by atoms with Gasteiger partial charge in [-0.15, -0.1) is 0 Å². The molecule has 7 heteroatoms. The molecular weight excluding hydrogens is 332 g/mol. The summed E-state index contributed by atoms with van der Waals surface area (Å²) in [6.45, 7) is 10.0. The molecule has 1 amide bonds. The topological polar surface area (TPSA) is 97.2 Å². The molecule has 0 saturated carbocycles. The van der Waals surface area contributed by atoms with E-state index in [0.29, 0.717) is 18.1 Å². The van der Waals surface area contributed by atoms with Gasteiger partial charge in [-0.3, -0.25) is 4.98 Å². The van der Waals surface area contributed by atoms with E-state index in [0.717, 1.165) is 22.6 Å². The predicted octanol–water partition coefficient (Wildman–Crippen LogP) is 3.61. The number of pyridine rings is 1. The van der Waals surface area contributed by atoms with Crippen LogP contribution in [-0.2, 0) is 0 Å². The molecule has 0 aliphatic rings. The van der Waals surface area contributed by atoms with Crippen molar-refractivity contribution in [3.63, 3.8) is 0 Å². The number of aromatic nitrogens is 3. The number of rotatable bonds is 7. The fraction of sp³-hybridized carbons (Fsp3) is 0.474. The summed E-state index contributed by atoms with van der Waals surface area (Å²) in [5.74, 6) is 0.958. The smallest absolute Gasteiger partial charge is 0.405 e. The molecule has 2 aromatic heterocycles. The summed E-state index contributed by atoms with van der Waals surface area (Å²) in [6, 6.07) is 3.78. The molecule has 26 heavy (non-hydrogen) atoms. The second-order valence-electron chi connectivity index (χ2n) is 7.26. The van der Waals surface area contributed by atoms with Crippen molar-refractivity contribution in [1.82, 2.24) is 20.3 Å². The number of nitrogens with one attached hydrogen (secondary N) is 1. The largest absolute Gasteiger partial charge is 0.489 e. The van der Waals surface area contributed by atoms with Crippen molar-refractivity contribution >= 4 is 6.09 Å². The minimum atomic E-state index is -1.05. The molecular formula is C19H26N4O3. The first-order valence-electron chi connectivity index (χ1n) is 8.58. The van der Waals surface area contributed by atoms with Gasteiger partial charge in [0.2, 0.25) is 0 Å². The van der Waals surface area contributed by atoms with E-state index < -0.39 is 11.6 Å². The van der Waals surface area contributed by atoms with Crippen LogP contribution in [0.3, 0.4) is 0 Å². The van der Waals surface area contributed by atoms with E-state index in [1.54, 1.807) is 6.20 Å². The van der Waals surface area contributed by atoms with E-state index in [2.05, 4.69) is 20.3 Å². The van der Waals surface area contributed by atoms with Crippen molar-refractivity contribution in [3.8, 4) is 17.1 Å². The Kier molecular flexibility index (Phi) is 6.13. The molecule has 1 unspecified atom stereocenters. The van der Waals surface area contributed by atoms with Crippen LogP contribution >= 0.6 is 0 Å². The lowest BCUT2D eigenvalue weighted by Crippen LogP contribution is -2.50. The molecule has 2 heterocycles. The molecule has 0 saturated heterocycles. The Bertz CT molecular complexity index is 779. The third-order valence-corrected chi connectivity index (χ3v) is 3.94. The zero-order chi connectivity index (χ0) is 19.3. The van der Waals surface area contributed by atoms with Gasteiger partial charge in [0.05, 0.1) is 23.1 Å². The number of nitrogens with zero attached hydrogens (tertiary/aromatic N) is 3. The fourth-order valence-corrected chi connectivity index (χ4v) is 2.97. The van der Waals surface area contributed by atoms with E-state index >= 15 is 0 Å². The Labute approximate surface area is 153 Å². The summed E-state index contributed by atoms with van der Waals surface area (Å²) in [7, 11) is 0. The van der Waals surface area contributed by atoms with Crippen LogP contribution in [0, 0.1) is 19.8 Å². The average molecular weight is 358 g/mol. The lowest BCUT2D eigenvalue weighted by Gasteiger charge is -2.31. The summed E-state index contributed by atoms with van der Waals surface area (Å²) in [6.07, 6.45) is 2.78. The number of hydrogen-bond acceptors (Lipinski definition) is 5. The quantitative estimate of drug-likeness (QED) is 0.785. The zero-order valence-corrected chi connectivity index (χ0v) is 15.9. The molecule has 0 spiro atoms. The molecule has 2 aromatic rings. The molecule has 7 nitrogen and oxygen atoms in total. The van der Waals surface area contributed by atoms with Crippen LogP contribution < -0.4 is 10.1 Å². The molecule has 0 aromatic carbocycles. The summed E-state index contributed by atoms with van der Waals surface area (Å²) >= 11 is 0. The highest BCUT2D eigenvalue weighted by molar-refractivity contribution is 5.65. The number of aryl methyl sites for hydroxylation is 2. The fourth-order valence-electron chi connectivity index (χ4n) is 2.97. The van der Waals surface area contributed by atoms with Crippen LogP contribution in [0.5, 0.6) is 5.75 Å². The van der Waals surface area contributed by atoms with Crippen LogP contribution in [0.4, 0.5) is 4.79 Å². The molecule has 0 bridgehead atoms. The van der Waals surface area contributed by atoms with E-state index in [-0.39, 0.29) is 6.61 Å². The normalized spacial score (nSPS) is 13.3. The lowest BCUT2D eigenvalue weighted by molar-refractivity contribution is 0.142. The third-order valence-electron chi connectivity index (χ3n) is 3.94. The number of carboxylic acid groups (broad SMARTS) is 1. The first-order chi connectivity index (χ1) is 12.2. The number of amides is 1. The summed E-state index contributed by atoms with van der Waals surface area (Å²) < 4.78 is 5.90. The van der Waals surface area contributed by atoms with Gasteiger partial charge in [0, 0.05) is 5.69 Å². The number of ether oxygens (including phenoxy) is 1. The van der Waals surface area contributed by atoms with Gasteiger partial charge in [-0.1, -0.05) is 13.8 Å². The van der Waals surface area contributed by atoms with Crippen LogP contribution in [0.15, 0.2) is 24.7 Å². The second-order valence-corrected chi connectivity index (χ2v) is 7.26. The van der Waals surface area contributed by atoms with Crippen LogP contribution in [0.2, 0.25) is 0 Å². The maximum Gasteiger partial charge on any atom is 0.405 e. The van der Waals surface area contributed by atoms with Gasteiger partial charge in [-0.25, -0.2) is 14.8 Å². The van der Waals surface area contributed by atoms with Crippen molar-refractivity contribution in [2.24, 2.45) is 5.92 Å². The Balaban J connectivity index is 2.15. The molecule has 140 valence electrons. The van der Waals surface area contributed by atoms with E-state index in [9.17, 15) is 4.79 Å². The van der Waals surface area contributed by atoms with Crippen LogP contribution in [0.1, 0.15) is 38.4 Å². The minimum Gasteiger partial charge on any atom is -0.489 e. The Morgan fingerprint density at radius 2 is 1.92 bits per heavy atom. The number of carbonyl (C=O) groups is 1. The van der Waals surface area contributed by atoms with Crippen molar-refractivity contribution in [2.45, 2.75) is 46.6 Å². The van der Waals surface area contributed by atoms with Crippen molar-refractivity contribution in [1.29, 1.82) is 0 Å². The average Bonchev–Trinajstić information content (AvgIpc) is 2.52. The molecule has 2 N–H and O–H groups in total. The molecule has 0 aliphatic carbocycles. The maximum atomic E-state index is 11.1. The minimum absolute atomic E-state index is 0.228. The van der Waals surface area contributed by atoms with Gasteiger partial charge < -0.3 is 15.2 Å². The Morgan fingerprint density at radius 3 is 2.50 bits per heavy atom. The van der Waals surface area contributed by atoms with Gasteiger partial charge in [-0.2, -0.15) is 0 Å². The number of hydrogen-bond donors (Lipinski definition) is 2. The van der Waals surface area contributed by atoms with Gasteiger partial charge in [-0.05, 0) is 50.8 Å². The molecule has 0 radical (unpaired) electrons. The van der Waals surface area contributed by atoms with Crippen LogP contribution in [-0.4, -0.2) is 38.3 Å². The SMILES string of the molecule is Cc1cc(-c2cc(C)c(OCC(C)(CC(C)C)NC(=O)O)cn2)ncn1. The maximum absolute atomic E-state index is 11.1. The highest BCUT2D eigenvalue weighted by Gasteiger charge is 2.28. The third kappa shape index (κ3) is 5.40. The molecule has 1 atom stereocenters. The predicted molar refractivity (Wildman–Crippen MR) is 99.3 cm³/mol. The van der Waals surface area contributed by atoms with E-state index in [1.165, 1.54) is 6.33 Å². The van der Waals surface area contributed by atoms with Gasteiger partial charge >= 0.3 is 6.09 Å². The summed E-state index contributed by atoms with van der Waals surface area (Å²) in [4.78, 5) is 23.9. The van der Waals surface area contributed by atoms with E-state index in [4.69, 9.17) is 9.84 Å². The van der Waals surface area contributed by atoms with Crippen molar-refractivity contribution in [2.75, 3.05) is 6.61 Å². The zero-order valence-electron chi connectivity index (χ0n) is 15.9. The highest BCUT2D eigenvalue weighted by atomic mass is 16.5. The Morgan fingerprint density at radius 1 is 1.23 bits per heavy atom. The lowest BCUT2D eigenvalue weighted by atomic mass is 9.91. The van der Waals surface area contributed by atoms with Crippen molar-refractivity contribution in [3.05, 3.63) is 35.9 Å². The van der Waals surface area contributed by atoms with Gasteiger partial charge in [0.25, 0.3) is 0 Å². The summed E-state index contributed by atoms with van der Waals surface area (Å²) in [5.41, 5.74) is 2.61. The first kappa shape index (κ1) is 19.6. The van der Waals surface area contributed by atoms with E-state index in [1.807, 2.05) is 46.8 Å². The van der Waals surface area contributed by atoms with Crippen molar-refractivity contribution < 1.29 is 14.6 Å². The highest BCUT2D eigenvalue weighted by Crippen LogP contribution is 2.25. The monoisotopic (exact) mass is 358 g/mol. The molecule has 2 rings (SSSR count). The molecule has 0 aliphatic heterocycles. The van der Waals surface area contributed by atoms with Crippen LogP contribution in [0.25, 0.3) is 11.4 Å². The van der Waals surface area contributed by atoms with Gasteiger partial charge in [0.15, 0.2) is 0 Å². The Hall–Kier alpha value is -2.70. The van der Waals surface area contributed by atoms with Gasteiger partial charge in [0.1, 0.15) is 18.7 Å². The first-order valence-corrected chi connectivity index (χ1v) is 8.58. The molecule has 0 fully saturated rings. The standard InChI is InChI=1S/C19H26N4O3/c1-12(2)8-19(5,23-18(24)25)10-26-17-9-20-15(6-13(17)3)16-7-14(4)21-11-22-16/h6-7,9,11-12,23H,8,10H2,1-5H3,(H,24,25). The summed E-state index contributed by atoms with van der Waals surface area (Å²) in [5, 5.41) is 11.7.